The smallest absolute Gasteiger partial charge is 0.376 e. The molecule has 2 saturated heterocycles. The zero-order chi connectivity index (χ0) is 12.8. The number of hydrogen-bond acceptors (Lipinski definition) is 4. The summed E-state index contributed by atoms with van der Waals surface area (Å²) < 4.78 is 25.7. The molecule has 0 aromatic heterocycles. The van der Waals surface area contributed by atoms with Crippen LogP contribution >= 0.6 is 18.4 Å². The van der Waals surface area contributed by atoms with Gasteiger partial charge < -0.3 is 14.2 Å². The molecule has 1 aromatic carbocycles. The maximum Gasteiger partial charge on any atom is 0.494 e. The van der Waals surface area contributed by atoms with Gasteiger partial charge in [-0.1, -0.05) is 18.2 Å². The van der Waals surface area contributed by atoms with E-state index in [1.807, 2.05) is 18.2 Å². The van der Waals surface area contributed by atoms with E-state index >= 15 is 0 Å². The van der Waals surface area contributed by atoms with Crippen LogP contribution in [0.25, 0.3) is 0 Å². The fraction of sp³-hybridized carbons (Fsp3) is 0.500. The van der Waals surface area contributed by atoms with E-state index in [0.29, 0.717) is 17.5 Å². The molecule has 4 nitrogen and oxygen atoms in total. The van der Waals surface area contributed by atoms with Gasteiger partial charge in [0.1, 0.15) is 12.2 Å². The highest BCUT2D eigenvalue weighted by Crippen LogP contribution is 2.24. The third-order valence-electron chi connectivity index (χ3n) is 2.37. The lowest BCUT2D eigenvalue weighted by Gasteiger charge is -1.95. The molecule has 3 atom stereocenters. The summed E-state index contributed by atoms with van der Waals surface area (Å²) in [6.45, 7) is 3.26. The third-order valence-corrected chi connectivity index (χ3v) is 3.66. The number of benzene rings is 1. The molecule has 3 unspecified atom stereocenters. The molecule has 2 fully saturated rings. The Balaban J connectivity index is 0.000000134. The first kappa shape index (κ1) is 13.9. The molecule has 0 saturated carbocycles. The van der Waals surface area contributed by atoms with E-state index in [0.717, 1.165) is 26.4 Å². The molecule has 0 amide bonds. The highest BCUT2D eigenvalue weighted by atomic mass is 35.7. The predicted molar refractivity (Wildman–Crippen MR) is 69.8 cm³/mol. The molecule has 0 bridgehead atoms. The fourth-order valence-electron chi connectivity index (χ4n) is 1.20. The van der Waals surface area contributed by atoms with Gasteiger partial charge in [-0.2, -0.15) is 0 Å². The fourth-order valence-corrected chi connectivity index (χ4v) is 1.95. The minimum atomic E-state index is -1.67. The summed E-state index contributed by atoms with van der Waals surface area (Å²) in [5.41, 5.74) is 0. The van der Waals surface area contributed by atoms with Crippen LogP contribution in [-0.4, -0.2) is 38.6 Å². The monoisotopic (exact) mass is 289 g/mol. The lowest BCUT2D eigenvalue weighted by atomic mass is 10.4. The van der Waals surface area contributed by atoms with Gasteiger partial charge in [0.25, 0.3) is 0 Å². The summed E-state index contributed by atoms with van der Waals surface area (Å²) in [6, 6.07) is 8.96. The first-order valence-electron chi connectivity index (χ1n) is 5.74. The van der Waals surface area contributed by atoms with Crippen molar-refractivity contribution in [3.63, 3.8) is 0 Å². The van der Waals surface area contributed by atoms with E-state index in [4.69, 9.17) is 25.5 Å². The Morgan fingerprint density at radius 3 is 2.00 bits per heavy atom. The number of hydrogen-bond donors (Lipinski definition) is 0. The average Bonchev–Trinajstić information content (AvgIpc) is 3.26. The maximum atomic E-state index is 10.6. The van der Waals surface area contributed by atoms with Crippen LogP contribution < -0.4 is 5.30 Å². The van der Waals surface area contributed by atoms with E-state index in [1.54, 1.807) is 12.1 Å². The summed E-state index contributed by atoms with van der Waals surface area (Å²) in [4.78, 5) is 0. The van der Waals surface area contributed by atoms with Crippen LogP contribution in [0.1, 0.15) is 0 Å². The van der Waals surface area contributed by atoms with E-state index in [9.17, 15) is 4.57 Å². The number of epoxide rings is 2. The SMILES string of the molecule is C(OCC1CO1)C1CO1.O=[P+](Cl)c1ccccc1. The van der Waals surface area contributed by atoms with Crippen LogP contribution in [0.3, 0.4) is 0 Å². The summed E-state index contributed by atoms with van der Waals surface area (Å²) in [7, 11) is -1.67. The van der Waals surface area contributed by atoms with Crippen molar-refractivity contribution in [3.05, 3.63) is 30.3 Å². The Kier molecular flexibility index (Phi) is 5.54. The van der Waals surface area contributed by atoms with Crippen molar-refractivity contribution in [1.82, 2.24) is 0 Å². The van der Waals surface area contributed by atoms with Gasteiger partial charge in [-0.15, -0.1) is 0 Å². The molecule has 98 valence electrons. The molecular weight excluding hydrogens is 275 g/mol. The van der Waals surface area contributed by atoms with Gasteiger partial charge in [-0.05, 0) is 16.7 Å². The van der Waals surface area contributed by atoms with Gasteiger partial charge in [0, 0.05) is 0 Å². The summed E-state index contributed by atoms with van der Waals surface area (Å²) in [6.07, 6.45) is 0.785. The Hall–Kier alpha value is -0.510. The molecule has 0 aliphatic carbocycles. The molecule has 2 heterocycles. The van der Waals surface area contributed by atoms with Crippen molar-refractivity contribution in [2.75, 3.05) is 26.4 Å². The summed E-state index contributed by atoms with van der Waals surface area (Å²) in [5, 5.41) is 0.689. The van der Waals surface area contributed by atoms with Crippen molar-refractivity contribution in [1.29, 1.82) is 0 Å². The number of rotatable bonds is 5. The molecule has 0 spiro atoms. The second-order valence-corrected chi connectivity index (χ2v) is 5.96. The zero-order valence-corrected chi connectivity index (χ0v) is 11.5. The molecule has 2 aliphatic rings. The van der Waals surface area contributed by atoms with Gasteiger partial charge in [0.05, 0.1) is 26.4 Å². The molecule has 2 aliphatic heterocycles. The van der Waals surface area contributed by atoms with Crippen LogP contribution in [0.2, 0.25) is 0 Å². The van der Waals surface area contributed by atoms with Crippen LogP contribution in [0, 0.1) is 0 Å². The van der Waals surface area contributed by atoms with E-state index in [1.165, 1.54) is 0 Å². The first-order valence-corrected chi connectivity index (χ1v) is 7.91. The van der Waals surface area contributed by atoms with Crippen molar-refractivity contribution < 1.29 is 18.8 Å². The molecule has 0 N–H and O–H groups in total. The first-order chi connectivity index (χ1) is 8.75. The Bertz CT molecular complexity index is 367. The molecule has 3 rings (SSSR count). The van der Waals surface area contributed by atoms with Crippen molar-refractivity contribution in [2.24, 2.45) is 0 Å². The van der Waals surface area contributed by atoms with Crippen LogP contribution in [0.5, 0.6) is 0 Å². The van der Waals surface area contributed by atoms with Gasteiger partial charge in [-0.25, -0.2) is 0 Å². The molecule has 6 heteroatoms. The minimum Gasteiger partial charge on any atom is -0.376 e. The van der Waals surface area contributed by atoms with Gasteiger partial charge in [0.2, 0.25) is 16.5 Å². The highest BCUT2D eigenvalue weighted by molar-refractivity contribution is 7.80. The Labute approximate surface area is 112 Å². The normalized spacial score (nSPS) is 24.8. The lowest BCUT2D eigenvalue weighted by molar-refractivity contribution is 0.102. The van der Waals surface area contributed by atoms with Gasteiger partial charge in [0.15, 0.2) is 0 Å². The zero-order valence-electron chi connectivity index (χ0n) is 9.83. The second-order valence-electron chi connectivity index (χ2n) is 4.03. The summed E-state index contributed by atoms with van der Waals surface area (Å²) in [5.74, 6) is 0. The van der Waals surface area contributed by atoms with Crippen LogP contribution in [-0.2, 0) is 18.8 Å². The van der Waals surface area contributed by atoms with Crippen molar-refractivity contribution >= 4 is 23.7 Å². The lowest BCUT2D eigenvalue weighted by Crippen LogP contribution is -2.06. The average molecular weight is 290 g/mol. The topological polar surface area (TPSA) is 51.4 Å². The van der Waals surface area contributed by atoms with Gasteiger partial charge >= 0.3 is 7.15 Å². The van der Waals surface area contributed by atoms with Crippen molar-refractivity contribution in [2.45, 2.75) is 12.2 Å². The molecule has 18 heavy (non-hydrogen) atoms. The third kappa shape index (κ3) is 5.89. The molecule has 1 aromatic rings. The van der Waals surface area contributed by atoms with E-state index in [-0.39, 0.29) is 0 Å². The van der Waals surface area contributed by atoms with Crippen LogP contribution in [0.4, 0.5) is 0 Å². The molecular formula is C12H15ClO4P+. The highest BCUT2D eigenvalue weighted by Gasteiger charge is 2.26. The minimum absolute atomic E-state index is 0.392. The Morgan fingerprint density at radius 1 is 1.17 bits per heavy atom. The van der Waals surface area contributed by atoms with E-state index in [2.05, 4.69) is 0 Å². The van der Waals surface area contributed by atoms with Crippen LogP contribution in [0.15, 0.2) is 30.3 Å². The van der Waals surface area contributed by atoms with Gasteiger partial charge in [-0.3, -0.25) is 0 Å². The molecule has 0 radical (unpaired) electrons. The largest absolute Gasteiger partial charge is 0.494 e. The van der Waals surface area contributed by atoms with E-state index < -0.39 is 7.15 Å². The predicted octanol–water partition coefficient (Wildman–Crippen LogP) is 2.09. The maximum absolute atomic E-state index is 10.6. The number of ether oxygens (including phenoxy) is 3. The Morgan fingerprint density at radius 2 is 1.67 bits per heavy atom. The standard InChI is InChI=1S/C6H5ClOP.C6H10O3/c7-9(8)6-4-2-1-3-5-6;1(5-3-8-5)7-2-6-4-9-6/h1-5H;5-6H,1-4H2/q+1;. The quantitative estimate of drug-likeness (QED) is 0.615. The van der Waals surface area contributed by atoms with Crippen molar-refractivity contribution in [3.8, 4) is 0 Å². The summed E-state index contributed by atoms with van der Waals surface area (Å²) >= 11 is 5.31. The number of halogens is 1. The second kappa shape index (κ2) is 7.17.